The highest BCUT2D eigenvalue weighted by atomic mass is 16.5. The first-order chi connectivity index (χ1) is 7.13. The second-order valence-electron chi connectivity index (χ2n) is 4.49. The highest BCUT2D eigenvalue weighted by molar-refractivity contribution is 5.69. The summed E-state index contributed by atoms with van der Waals surface area (Å²) in [6.45, 7) is 2.23. The summed E-state index contributed by atoms with van der Waals surface area (Å²) in [5, 5.41) is 3.49. The highest BCUT2D eigenvalue weighted by Crippen LogP contribution is 2.37. The van der Waals surface area contributed by atoms with Crippen molar-refractivity contribution in [2.75, 3.05) is 18.2 Å². The molecule has 0 aromatic heterocycles. The van der Waals surface area contributed by atoms with Crippen molar-refractivity contribution >= 4 is 11.4 Å². The summed E-state index contributed by atoms with van der Waals surface area (Å²) < 4.78 is 5.18. The number of rotatable bonds is 3. The van der Waals surface area contributed by atoms with Gasteiger partial charge in [0.05, 0.1) is 18.5 Å². The number of hydrogen-bond donors (Lipinski definition) is 2. The van der Waals surface area contributed by atoms with E-state index >= 15 is 0 Å². The van der Waals surface area contributed by atoms with E-state index in [2.05, 4.69) is 12.2 Å². The van der Waals surface area contributed by atoms with E-state index in [-0.39, 0.29) is 5.54 Å². The maximum atomic E-state index is 5.91. The lowest BCUT2D eigenvalue weighted by Crippen LogP contribution is -2.41. The van der Waals surface area contributed by atoms with Gasteiger partial charge in [0.25, 0.3) is 0 Å². The Bertz CT molecular complexity index is 359. The number of ether oxygens (including phenoxy) is 1. The zero-order valence-corrected chi connectivity index (χ0v) is 9.34. The molecule has 2 rings (SSSR count). The fourth-order valence-electron chi connectivity index (χ4n) is 1.93. The molecular formula is C12H18N2O. The largest absolute Gasteiger partial charge is 0.497 e. The minimum atomic E-state index is 0.223. The van der Waals surface area contributed by atoms with E-state index in [1.54, 1.807) is 7.11 Å². The Kier molecular flexibility index (Phi) is 2.47. The predicted molar refractivity (Wildman–Crippen MR) is 63.3 cm³/mol. The summed E-state index contributed by atoms with van der Waals surface area (Å²) in [4.78, 5) is 0. The standard InChI is InChI=1S/C12H18N2O/c1-12(6-3-7-12)14-11-8-9(15-2)4-5-10(11)13/h4-5,8,14H,3,6-7,13H2,1-2H3. The Hall–Kier alpha value is -1.38. The highest BCUT2D eigenvalue weighted by Gasteiger charge is 2.31. The van der Waals surface area contributed by atoms with Crippen molar-refractivity contribution in [3.05, 3.63) is 18.2 Å². The van der Waals surface area contributed by atoms with E-state index in [4.69, 9.17) is 10.5 Å². The molecule has 3 nitrogen and oxygen atoms in total. The van der Waals surface area contributed by atoms with Gasteiger partial charge in [0.2, 0.25) is 0 Å². The van der Waals surface area contributed by atoms with Crippen LogP contribution in [0.5, 0.6) is 5.75 Å². The number of methoxy groups -OCH3 is 1. The monoisotopic (exact) mass is 206 g/mol. The summed E-state index contributed by atoms with van der Waals surface area (Å²) in [5.41, 5.74) is 7.90. The molecule has 0 aliphatic heterocycles. The molecule has 0 bridgehead atoms. The van der Waals surface area contributed by atoms with Crippen LogP contribution in [-0.4, -0.2) is 12.6 Å². The fraction of sp³-hybridized carbons (Fsp3) is 0.500. The van der Waals surface area contributed by atoms with Gasteiger partial charge in [-0.3, -0.25) is 0 Å². The van der Waals surface area contributed by atoms with E-state index in [0.717, 1.165) is 17.1 Å². The lowest BCUT2D eigenvalue weighted by molar-refractivity contribution is 0.306. The summed E-state index contributed by atoms with van der Waals surface area (Å²) in [7, 11) is 1.67. The zero-order valence-electron chi connectivity index (χ0n) is 9.34. The number of anilines is 2. The molecule has 1 fully saturated rings. The zero-order chi connectivity index (χ0) is 10.9. The fourth-order valence-corrected chi connectivity index (χ4v) is 1.93. The van der Waals surface area contributed by atoms with Crippen LogP contribution in [0.15, 0.2) is 18.2 Å². The van der Waals surface area contributed by atoms with Crippen LogP contribution in [-0.2, 0) is 0 Å². The lowest BCUT2D eigenvalue weighted by atomic mass is 9.78. The number of nitrogens with two attached hydrogens (primary N) is 1. The van der Waals surface area contributed by atoms with Gasteiger partial charge < -0.3 is 15.8 Å². The van der Waals surface area contributed by atoms with Gasteiger partial charge in [-0.25, -0.2) is 0 Å². The Morgan fingerprint density at radius 2 is 2.13 bits per heavy atom. The molecule has 3 heteroatoms. The quantitative estimate of drug-likeness (QED) is 0.747. The second-order valence-corrected chi connectivity index (χ2v) is 4.49. The van der Waals surface area contributed by atoms with Gasteiger partial charge in [-0.2, -0.15) is 0 Å². The molecule has 1 aliphatic rings. The molecule has 0 unspecified atom stereocenters. The van der Waals surface area contributed by atoms with Crippen molar-refractivity contribution < 1.29 is 4.74 Å². The molecule has 1 aromatic rings. The first-order valence-electron chi connectivity index (χ1n) is 5.35. The third-order valence-corrected chi connectivity index (χ3v) is 3.15. The van der Waals surface area contributed by atoms with Crippen LogP contribution in [0.2, 0.25) is 0 Å². The van der Waals surface area contributed by atoms with Crippen molar-refractivity contribution in [1.29, 1.82) is 0 Å². The number of benzene rings is 1. The summed E-state index contributed by atoms with van der Waals surface area (Å²) in [6, 6.07) is 5.71. The Morgan fingerprint density at radius 1 is 1.40 bits per heavy atom. The van der Waals surface area contributed by atoms with E-state index in [9.17, 15) is 0 Å². The summed E-state index contributed by atoms with van der Waals surface area (Å²) in [5.74, 6) is 0.842. The molecular weight excluding hydrogens is 188 g/mol. The Labute approximate surface area is 90.6 Å². The average Bonchev–Trinajstić information content (AvgIpc) is 2.19. The number of nitrogens with one attached hydrogen (secondary N) is 1. The van der Waals surface area contributed by atoms with E-state index in [1.807, 2.05) is 18.2 Å². The summed E-state index contributed by atoms with van der Waals surface area (Å²) >= 11 is 0. The van der Waals surface area contributed by atoms with Gasteiger partial charge in [-0.15, -0.1) is 0 Å². The van der Waals surface area contributed by atoms with Crippen LogP contribution in [0.25, 0.3) is 0 Å². The van der Waals surface area contributed by atoms with Crippen LogP contribution < -0.4 is 15.8 Å². The summed E-state index contributed by atoms with van der Waals surface area (Å²) in [6.07, 6.45) is 3.72. The van der Waals surface area contributed by atoms with Crippen LogP contribution in [0.1, 0.15) is 26.2 Å². The average molecular weight is 206 g/mol. The smallest absolute Gasteiger partial charge is 0.121 e. The van der Waals surface area contributed by atoms with Crippen molar-refractivity contribution in [3.8, 4) is 5.75 Å². The maximum absolute atomic E-state index is 5.91. The van der Waals surface area contributed by atoms with Crippen molar-refractivity contribution in [2.24, 2.45) is 0 Å². The van der Waals surface area contributed by atoms with Gasteiger partial charge in [0.1, 0.15) is 5.75 Å². The number of hydrogen-bond acceptors (Lipinski definition) is 3. The minimum Gasteiger partial charge on any atom is -0.497 e. The molecule has 0 heterocycles. The van der Waals surface area contributed by atoms with Gasteiger partial charge in [0.15, 0.2) is 0 Å². The molecule has 0 radical (unpaired) electrons. The lowest BCUT2D eigenvalue weighted by Gasteiger charge is -2.40. The SMILES string of the molecule is COc1ccc(N)c(NC2(C)CCC2)c1. The molecule has 1 saturated carbocycles. The molecule has 15 heavy (non-hydrogen) atoms. The van der Waals surface area contributed by atoms with E-state index in [1.165, 1.54) is 19.3 Å². The third kappa shape index (κ3) is 2.01. The predicted octanol–water partition coefficient (Wildman–Crippen LogP) is 2.63. The van der Waals surface area contributed by atoms with E-state index in [0.29, 0.717) is 0 Å². The molecule has 82 valence electrons. The first-order valence-corrected chi connectivity index (χ1v) is 5.35. The molecule has 0 amide bonds. The third-order valence-electron chi connectivity index (χ3n) is 3.15. The number of nitrogen functional groups attached to an aromatic ring is 1. The van der Waals surface area contributed by atoms with Crippen molar-refractivity contribution in [1.82, 2.24) is 0 Å². The molecule has 3 N–H and O–H groups in total. The van der Waals surface area contributed by atoms with Crippen LogP contribution in [0.4, 0.5) is 11.4 Å². The molecule has 0 spiro atoms. The molecule has 0 atom stereocenters. The van der Waals surface area contributed by atoms with E-state index < -0.39 is 0 Å². The maximum Gasteiger partial charge on any atom is 0.121 e. The minimum absolute atomic E-state index is 0.223. The van der Waals surface area contributed by atoms with Crippen molar-refractivity contribution in [3.63, 3.8) is 0 Å². The Morgan fingerprint density at radius 3 is 2.67 bits per heavy atom. The van der Waals surface area contributed by atoms with Gasteiger partial charge in [-0.05, 0) is 38.3 Å². The van der Waals surface area contributed by atoms with Crippen LogP contribution in [0.3, 0.4) is 0 Å². The normalized spacial score (nSPS) is 18.0. The second kappa shape index (κ2) is 3.65. The van der Waals surface area contributed by atoms with Crippen molar-refractivity contribution in [2.45, 2.75) is 31.7 Å². The molecule has 1 aliphatic carbocycles. The van der Waals surface area contributed by atoms with Gasteiger partial charge in [-0.1, -0.05) is 0 Å². The van der Waals surface area contributed by atoms with Crippen LogP contribution >= 0.6 is 0 Å². The Balaban J connectivity index is 2.19. The van der Waals surface area contributed by atoms with Gasteiger partial charge >= 0.3 is 0 Å². The molecule has 1 aromatic carbocycles. The first kappa shape index (κ1) is 10.1. The van der Waals surface area contributed by atoms with Gasteiger partial charge in [0, 0.05) is 11.6 Å². The molecule has 0 saturated heterocycles. The topological polar surface area (TPSA) is 47.3 Å². The van der Waals surface area contributed by atoms with Crippen LogP contribution in [0, 0.1) is 0 Å².